The van der Waals surface area contributed by atoms with Crippen LogP contribution in [0.1, 0.15) is 25.7 Å². The van der Waals surface area contributed by atoms with E-state index in [1.54, 1.807) is 13.3 Å². The minimum absolute atomic E-state index is 0.00932. The summed E-state index contributed by atoms with van der Waals surface area (Å²) in [5, 5.41) is 4.15. The minimum Gasteiger partial charge on any atom is -0.377 e. The molecule has 0 bridgehead atoms. The molecular weight excluding hydrogens is 270 g/mol. The molecule has 1 aromatic rings. The fourth-order valence-corrected chi connectivity index (χ4v) is 3.42. The van der Waals surface area contributed by atoms with Crippen LogP contribution in [-0.2, 0) is 20.8 Å². The van der Waals surface area contributed by atoms with Gasteiger partial charge < -0.3 is 14.4 Å². The highest BCUT2D eigenvalue weighted by Gasteiger charge is 2.51. The number of likely N-dealkylation sites (tertiary alicyclic amines) is 1. The summed E-state index contributed by atoms with van der Waals surface area (Å²) < 4.78 is 13.3. The summed E-state index contributed by atoms with van der Waals surface area (Å²) in [7, 11) is 1.71. The van der Waals surface area contributed by atoms with Crippen LogP contribution >= 0.6 is 0 Å². The van der Waals surface area contributed by atoms with E-state index >= 15 is 0 Å². The third-order valence-electron chi connectivity index (χ3n) is 4.54. The molecule has 0 radical (unpaired) electrons. The fourth-order valence-electron chi connectivity index (χ4n) is 3.42. The van der Waals surface area contributed by atoms with Crippen LogP contribution in [0, 0.1) is 0 Å². The van der Waals surface area contributed by atoms with Crippen LogP contribution in [0.3, 0.4) is 0 Å². The zero-order chi connectivity index (χ0) is 14.7. The van der Waals surface area contributed by atoms with Crippen molar-refractivity contribution in [3.8, 4) is 0 Å². The predicted octanol–water partition coefficient (Wildman–Crippen LogP) is 1.07. The van der Waals surface area contributed by atoms with Gasteiger partial charge in [0, 0.05) is 45.6 Å². The van der Waals surface area contributed by atoms with Crippen molar-refractivity contribution in [2.24, 2.45) is 0 Å². The van der Waals surface area contributed by atoms with E-state index in [9.17, 15) is 4.79 Å². The van der Waals surface area contributed by atoms with Gasteiger partial charge in [0.05, 0.1) is 6.54 Å². The first kappa shape index (κ1) is 14.5. The maximum absolute atomic E-state index is 12.4. The number of ether oxygens (including phenoxy) is 2. The van der Waals surface area contributed by atoms with Crippen LogP contribution in [0.15, 0.2) is 18.5 Å². The van der Waals surface area contributed by atoms with E-state index in [1.807, 2.05) is 21.8 Å². The van der Waals surface area contributed by atoms with Gasteiger partial charge >= 0.3 is 0 Å². The topological polar surface area (TPSA) is 56.6 Å². The lowest BCUT2D eigenvalue weighted by molar-refractivity contribution is -0.131. The summed E-state index contributed by atoms with van der Waals surface area (Å²) in [6, 6.07) is 1.90. The Labute approximate surface area is 125 Å². The average molecular weight is 293 g/mol. The minimum atomic E-state index is -0.258. The zero-order valence-corrected chi connectivity index (χ0v) is 12.5. The highest BCUT2D eigenvalue weighted by Crippen LogP contribution is 2.36. The van der Waals surface area contributed by atoms with E-state index in [4.69, 9.17) is 9.47 Å². The van der Waals surface area contributed by atoms with Crippen molar-refractivity contribution >= 4 is 5.91 Å². The van der Waals surface area contributed by atoms with E-state index < -0.39 is 0 Å². The van der Waals surface area contributed by atoms with Gasteiger partial charge in [-0.2, -0.15) is 5.10 Å². The Morgan fingerprint density at radius 2 is 2.48 bits per heavy atom. The number of methoxy groups -OCH3 is 1. The molecule has 0 saturated carbocycles. The molecule has 2 aliphatic heterocycles. The normalized spacial score (nSPS) is 28.6. The van der Waals surface area contributed by atoms with E-state index in [1.165, 1.54) is 0 Å². The Hall–Kier alpha value is -1.40. The summed E-state index contributed by atoms with van der Waals surface area (Å²) in [6.07, 6.45) is 7.09. The predicted molar refractivity (Wildman–Crippen MR) is 76.8 cm³/mol. The molecule has 6 nitrogen and oxygen atoms in total. The van der Waals surface area contributed by atoms with Gasteiger partial charge in [-0.3, -0.25) is 9.48 Å². The molecule has 116 valence electrons. The Morgan fingerprint density at radius 3 is 3.14 bits per heavy atom. The van der Waals surface area contributed by atoms with Gasteiger partial charge in [0.1, 0.15) is 11.7 Å². The summed E-state index contributed by atoms with van der Waals surface area (Å²) in [5.41, 5.74) is -0.258. The van der Waals surface area contributed by atoms with Crippen LogP contribution in [0.25, 0.3) is 0 Å². The molecule has 2 fully saturated rings. The number of carbonyl (C=O) groups is 1. The van der Waals surface area contributed by atoms with Crippen molar-refractivity contribution in [2.75, 3.05) is 26.8 Å². The molecule has 1 aromatic heterocycles. The summed E-state index contributed by atoms with van der Waals surface area (Å²) in [5.74, 6) is 0.191. The van der Waals surface area contributed by atoms with Gasteiger partial charge in [0.2, 0.25) is 5.91 Å². The summed E-state index contributed by atoms with van der Waals surface area (Å²) >= 11 is 0. The van der Waals surface area contributed by atoms with Crippen molar-refractivity contribution in [1.82, 2.24) is 14.7 Å². The Morgan fingerprint density at radius 1 is 1.57 bits per heavy atom. The van der Waals surface area contributed by atoms with Crippen molar-refractivity contribution in [3.63, 3.8) is 0 Å². The second-order valence-electron chi connectivity index (χ2n) is 5.89. The first-order valence-electron chi connectivity index (χ1n) is 7.65. The van der Waals surface area contributed by atoms with Crippen molar-refractivity contribution in [1.29, 1.82) is 0 Å². The zero-order valence-electron chi connectivity index (χ0n) is 12.5. The van der Waals surface area contributed by atoms with Crippen molar-refractivity contribution < 1.29 is 14.3 Å². The highest BCUT2D eigenvalue weighted by molar-refractivity contribution is 5.76. The molecule has 1 spiro atoms. The van der Waals surface area contributed by atoms with Gasteiger partial charge in [-0.15, -0.1) is 0 Å². The molecular formula is C15H23N3O3. The molecule has 3 heterocycles. The average Bonchev–Trinajstić information content (AvgIpc) is 3.21. The molecule has 2 saturated heterocycles. The molecule has 21 heavy (non-hydrogen) atoms. The van der Waals surface area contributed by atoms with E-state index in [0.717, 1.165) is 32.4 Å². The quantitative estimate of drug-likeness (QED) is 0.815. The van der Waals surface area contributed by atoms with Gasteiger partial charge in [0.25, 0.3) is 0 Å². The Bertz CT molecular complexity index is 469. The van der Waals surface area contributed by atoms with Gasteiger partial charge in [-0.1, -0.05) is 0 Å². The number of hydrogen-bond donors (Lipinski definition) is 0. The Kier molecular flexibility index (Phi) is 4.26. The highest BCUT2D eigenvalue weighted by atomic mass is 16.6. The fraction of sp³-hybridized carbons (Fsp3) is 0.733. The third-order valence-corrected chi connectivity index (χ3v) is 4.54. The molecule has 2 atom stereocenters. The van der Waals surface area contributed by atoms with Crippen molar-refractivity contribution in [3.05, 3.63) is 18.5 Å². The van der Waals surface area contributed by atoms with Gasteiger partial charge in [-0.25, -0.2) is 0 Å². The number of rotatable bonds is 5. The van der Waals surface area contributed by atoms with Crippen LogP contribution in [0.5, 0.6) is 0 Å². The lowest BCUT2D eigenvalue weighted by Crippen LogP contribution is -2.42. The van der Waals surface area contributed by atoms with Crippen LogP contribution < -0.4 is 0 Å². The van der Waals surface area contributed by atoms with Crippen molar-refractivity contribution in [2.45, 2.75) is 43.9 Å². The maximum atomic E-state index is 12.4. The standard InChI is InChI=1S/C15H23N3O3/c1-20-13-11-17(12-15(13)6-3-10-21-15)14(19)5-2-8-18-9-4-7-16-18/h4,7,9,13H,2-3,5-6,8,10-12H2,1H3/t13-,15-/m0/s1. The van der Waals surface area contributed by atoms with E-state index in [-0.39, 0.29) is 17.6 Å². The first-order valence-corrected chi connectivity index (χ1v) is 7.65. The molecule has 6 heteroatoms. The van der Waals surface area contributed by atoms with Gasteiger partial charge in [-0.05, 0) is 25.3 Å². The summed E-state index contributed by atoms with van der Waals surface area (Å²) in [6.45, 7) is 2.88. The lowest BCUT2D eigenvalue weighted by atomic mass is 9.96. The second kappa shape index (κ2) is 6.15. The summed E-state index contributed by atoms with van der Waals surface area (Å²) in [4.78, 5) is 14.3. The number of aryl methyl sites for hydroxylation is 1. The number of carbonyl (C=O) groups excluding carboxylic acids is 1. The van der Waals surface area contributed by atoms with Crippen LogP contribution in [0.2, 0.25) is 0 Å². The van der Waals surface area contributed by atoms with E-state index in [0.29, 0.717) is 19.5 Å². The second-order valence-corrected chi connectivity index (χ2v) is 5.89. The third kappa shape index (κ3) is 2.96. The Balaban J connectivity index is 1.51. The lowest BCUT2D eigenvalue weighted by Gasteiger charge is -2.27. The molecule has 0 aliphatic carbocycles. The van der Waals surface area contributed by atoms with E-state index in [2.05, 4.69) is 5.10 Å². The molecule has 2 aliphatic rings. The SMILES string of the molecule is CO[C@H]1CN(C(=O)CCCn2cccn2)C[C@@]12CCCO2. The van der Waals surface area contributed by atoms with Crippen LogP contribution in [-0.4, -0.2) is 59.1 Å². The number of amides is 1. The molecule has 0 N–H and O–H groups in total. The molecule has 0 aromatic carbocycles. The number of hydrogen-bond acceptors (Lipinski definition) is 4. The molecule has 3 rings (SSSR count). The molecule has 1 amide bonds. The molecule has 0 unspecified atom stereocenters. The first-order chi connectivity index (χ1) is 10.2. The largest absolute Gasteiger partial charge is 0.377 e. The number of nitrogens with zero attached hydrogens (tertiary/aromatic N) is 3. The van der Waals surface area contributed by atoms with Crippen LogP contribution in [0.4, 0.5) is 0 Å². The monoisotopic (exact) mass is 293 g/mol. The number of aromatic nitrogens is 2. The maximum Gasteiger partial charge on any atom is 0.222 e. The smallest absolute Gasteiger partial charge is 0.222 e. The van der Waals surface area contributed by atoms with Gasteiger partial charge in [0.15, 0.2) is 0 Å².